The molecule has 1 aromatic carbocycles. The molecule has 1 fully saturated rings. The Morgan fingerprint density at radius 3 is 2.59 bits per heavy atom. The van der Waals surface area contributed by atoms with Crippen molar-refractivity contribution in [2.24, 2.45) is 0 Å². The average molecular weight is 427 g/mol. The number of hydrogen-bond acceptors (Lipinski definition) is 4. The average Bonchev–Trinajstić information content (AvgIpc) is 3.25. The fraction of sp³-hybridized carbons (Fsp3) is 0.250. The van der Waals surface area contributed by atoms with Crippen LogP contribution in [-0.4, -0.2) is 38.4 Å². The summed E-state index contributed by atoms with van der Waals surface area (Å²) in [7, 11) is 0. The van der Waals surface area contributed by atoms with E-state index >= 15 is 0 Å². The van der Waals surface area contributed by atoms with Crippen molar-refractivity contribution in [3.63, 3.8) is 0 Å². The van der Waals surface area contributed by atoms with Crippen LogP contribution in [0, 0.1) is 0 Å². The minimum absolute atomic E-state index is 0.0423. The van der Waals surface area contributed by atoms with Gasteiger partial charge in [-0.2, -0.15) is 0 Å². The van der Waals surface area contributed by atoms with Crippen molar-refractivity contribution in [3.05, 3.63) is 71.4 Å². The van der Waals surface area contributed by atoms with Gasteiger partial charge in [-0.25, -0.2) is 9.97 Å². The molecule has 3 aromatic rings. The maximum atomic E-state index is 13.0. The first-order valence-corrected chi connectivity index (χ1v) is 9.65. The molecule has 0 bridgehead atoms. The van der Waals surface area contributed by atoms with Gasteiger partial charge in [0.2, 0.25) is 5.88 Å². The van der Waals surface area contributed by atoms with E-state index in [9.17, 15) is 4.79 Å². The number of likely N-dealkylation sites (tertiary alicyclic amines) is 1. The van der Waals surface area contributed by atoms with Gasteiger partial charge in [0.05, 0.1) is 6.33 Å². The third-order valence-corrected chi connectivity index (χ3v) is 5.26. The van der Waals surface area contributed by atoms with Crippen molar-refractivity contribution < 1.29 is 9.53 Å². The number of ether oxygens (including phenoxy) is 1. The van der Waals surface area contributed by atoms with Crippen LogP contribution in [0.3, 0.4) is 0 Å². The fourth-order valence-corrected chi connectivity index (χ4v) is 3.54. The van der Waals surface area contributed by atoms with Crippen molar-refractivity contribution in [3.8, 4) is 11.6 Å². The van der Waals surface area contributed by atoms with E-state index in [1.54, 1.807) is 24.5 Å². The van der Waals surface area contributed by atoms with Crippen LogP contribution in [0.2, 0.25) is 0 Å². The van der Waals surface area contributed by atoms with E-state index in [2.05, 4.69) is 30.5 Å². The van der Waals surface area contributed by atoms with Gasteiger partial charge in [0.15, 0.2) is 0 Å². The van der Waals surface area contributed by atoms with Crippen LogP contribution < -0.4 is 4.74 Å². The zero-order chi connectivity index (χ0) is 18.6. The lowest BCUT2D eigenvalue weighted by Gasteiger charge is -2.32. The number of carbonyl (C=O) groups is 1. The SMILES string of the molecule is O=C(c1cccnc1Oc1ccc(Br)cc1)N1CCC(n2ccnc2)CC1. The zero-order valence-corrected chi connectivity index (χ0v) is 16.2. The molecule has 1 aliphatic rings. The third kappa shape index (κ3) is 4.03. The summed E-state index contributed by atoms with van der Waals surface area (Å²) >= 11 is 3.40. The Hall–Kier alpha value is -2.67. The lowest BCUT2D eigenvalue weighted by molar-refractivity contribution is 0.0691. The highest BCUT2D eigenvalue weighted by molar-refractivity contribution is 9.10. The Morgan fingerprint density at radius 1 is 1.11 bits per heavy atom. The molecule has 0 N–H and O–H groups in total. The van der Waals surface area contributed by atoms with Crippen LogP contribution >= 0.6 is 15.9 Å². The van der Waals surface area contributed by atoms with E-state index in [-0.39, 0.29) is 5.91 Å². The molecule has 0 aliphatic carbocycles. The van der Waals surface area contributed by atoms with E-state index in [1.807, 2.05) is 41.7 Å². The predicted octanol–water partition coefficient (Wildman–Crippen LogP) is 4.31. The fourth-order valence-electron chi connectivity index (χ4n) is 3.27. The number of aromatic nitrogens is 3. The number of benzene rings is 1. The van der Waals surface area contributed by atoms with Gasteiger partial charge in [0.25, 0.3) is 5.91 Å². The Morgan fingerprint density at radius 2 is 1.89 bits per heavy atom. The minimum atomic E-state index is -0.0423. The van der Waals surface area contributed by atoms with Crippen LogP contribution in [0.15, 0.2) is 65.8 Å². The normalized spacial score (nSPS) is 14.9. The predicted molar refractivity (Wildman–Crippen MR) is 105 cm³/mol. The van der Waals surface area contributed by atoms with Crippen LogP contribution in [0.5, 0.6) is 11.6 Å². The van der Waals surface area contributed by atoms with Crippen LogP contribution in [0.1, 0.15) is 29.2 Å². The summed E-state index contributed by atoms with van der Waals surface area (Å²) < 4.78 is 8.95. The molecule has 0 radical (unpaired) electrons. The Kier molecular flexibility index (Phi) is 5.20. The van der Waals surface area contributed by atoms with Crippen LogP contribution in [-0.2, 0) is 0 Å². The van der Waals surface area contributed by atoms with Gasteiger partial charge in [-0.15, -0.1) is 0 Å². The van der Waals surface area contributed by atoms with Gasteiger partial charge in [0.1, 0.15) is 11.3 Å². The number of imidazole rings is 1. The second-order valence-electron chi connectivity index (χ2n) is 6.45. The van der Waals surface area contributed by atoms with Gasteiger partial charge in [-0.1, -0.05) is 15.9 Å². The quantitative estimate of drug-likeness (QED) is 0.623. The zero-order valence-electron chi connectivity index (χ0n) is 14.7. The first kappa shape index (κ1) is 17.7. The number of hydrogen-bond donors (Lipinski definition) is 0. The van der Waals surface area contributed by atoms with Gasteiger partial charge >= 0.3 is 0 Å². The molecule has 0 unspecified atom stereocenters. The molecular formula is C20H19BrN4O2. The van der Waals surface area contributed by atoms with Crippen molar-refractivity contribution >= 4 is 21.8 Å². The second-order valence-corrected chi connectivity index (χ2v) is 7.36. The van der Waals surface area contributed by atoms with Gasteiger partial charge < -0.3 is 14.2 Å². The molecule has 0 atom stereocenters. The first-order valence-electron chi connectivity index (χ1n) is 8.86. The third-order valence-electron chi connectivity index (χ3n) is 4.73. The summed E-state index contributed by atoms with van der Waals surface area (Å²) in [5.41, 5.74) is 0.487. The van der Waals surface area contributed by atoms with Gasteiger partial charge in [-0.3, -0.25) is 4.79 Å². The molecule has 1 amide bonds. The maximum Gasteiger partial charge on any atom is 0.259 e. The lowest BCUT2D eigenvalue weighted by Crippen LogP contribution is -2.39. The number of piperidine rings is 1. The molecule has 6 nitrogen and oxygen atoms in total. The summed E-state index contributed by atoms with van der Waals surface area (Å²) in [6, 6.07) is 11.4. The summed E-state index contributed by atoms with van der Waals surface area (Å²) in [6.07, 6.45) is 9.06. The number of halogens is 1. The number of nitrogens with zero attached hydrogens (tertiary/aromatic N) is 4. The van der Waals surface area contributed by atoms with Gasteiger partial charge in [-0.05, 0) is 49.2 Å². The Balaban J connectivity index is 1.47. The summed E-state index contributed by atoms with van der Waals surface area (Å²) in [6.45, 7) is 1.41. The highest BCUT2D eigenvalue weighted by Crippen LogP contribution is 2.28. The van der Waals surface area contributed by atoms with E-state index in [0.29, 0.717) is 36.3 Å². The van der Waals surface area contributed by atoms with E-state index < -0.39 is 0 Å². The van der Waals surface area contributed by atoms with Crippen molar-refractivity contribution in [1.29, 1.82) is 0 Å². The largest absolute Gasteiger partial charge is 0.438 e. The minimum Gasteiger partial charge on any atom is -0.438 e. The van der Waals surface area contributed by atoms with Crippen LogP contribution in [0.4, 0.5) is 0 Å². The summed E-state index contributed by atoms with van der Waals surface area (Å²) in [4.78, 5) is 23.3. The molecule has 0 saturated carbocycles. The smallest absolute Gasteiger partial charge is 0.259 e. The first-order chi connectivity index (χ1) is 13.2. The molecular weight excluding hydrogens is 408 g/mol. The molecule has 27 heavy (non-hydrogen) atoms. The highest BCUT2D eigenvalue weighted by atomic mass is 79.9. The molecule has 2 aromatic heterocycles. The molecule has 1 aliphatic heterocycles. The van der Waals surface area contributed by atoms with Crippen LogP contribution in [0.25, 0.3) is 0 Å². The van der Waals surface area contributed by atoms with E-state index in [1.165, 1.54) is 0 Å². The number of amides is 1. The molecule has 0 spiro atoms. The topological polar surface area (TPSA) is 60.2 Å². The lowest BCUT2D eigenvalue weighted by atomic mass is 10.0. The van der Waals surface area contributed by atoms with Crippen molar-refractivity contribution in [1.82, 2.24) is 19.4 Å². The molecule has 3 heterocycles. The summed E-state index contributed by atoms with van der Waals surface area (Å²) in [5, 5.41) is 0. The van der Waals surface area contributed by atoms with E-state index in [4.69, 9.17) is 4.74 Å². The molecule has 4 rings (SSSR count). The molecule has 138 valence electrons. The highest BCUT2D eigenvalue weighted by Gasteiger charge is 2.26. The van der Waals surface area contributed by atoms with Crippen molar-refractivity contribution in [2.45, 2.75) is 18.9 Å². The molecule has 7 heteroatoms. The van der Waals surface area contributed by atoms with Gasteiger partial charge in [0, 0.05) is 42.2 Å². The monoisotopic (exact) mass is 426 g/mol. The second kappa shape index (κ2) is 7.92. The Bertz CT molecular complexity index is 904. The molecule has 1 saturated heterocycles. The maximum absolute atomic E-state index is 13.0. The summed E-state index contributed by atoms with van der Waals surface area (Å²) in [5.74, 6) is 0.936. The number of pyridine rings is 1. The number of carbonyl (C=O) groups excluding carboxylic acids is 1. The van der Waals surface area contributed by atoms with Crippen molar-refractivity contribution in [2.75, 3.05) is 13.1 Å². The standard InChI is InChI=1S/C20H19BrN4O2/c21-15-3-5-17(6-4-15)27-19-18(2-1-9-23-19)20(26)24-11-7-16(8-12-24)25-13-10-22-14-25/h1-6,9-10,13-14,16H,7-8,11-12H2. The number of rotatable bonds is 4. The Labute approximate surface area is 165 Å². The van der Waals surface area contributed by atoms with E-state index in [0.717, 1.165) is 17.3 Å².